The van der Waals surface area contributed by atoms with Crippen molar-refractivity contribution in [1.82, 2.24) is 4.98 Å². The van der Waals surface area contributed by atoms with Crippen LogP contribution >= 0.6 is 11.6 Å². The molecule has 0 aliphatic carbocycles. The Balaban J connectivity index is 1.79. The van der Waals surface area contributed by atoms with Crippen LogP contribution in [0.25, 0.3) is 16.5 Å². The van der Waals surface area contributed by atoms with Crippen LogP contribution in [0.4, 0.5) is 5.69 Å². The summed E-state index contributed by atoms with van der Waals surface area (Å²) in [4.78, 5) is 32.5. The molecule has 1 amide bonds. The highest BCUT2D eigenvalue weighted by Crippen LogP contribution is 2.46. The van der Waals surface area contributed by atoms with E-state index < -0.39 is 23.5 Å². The summed E-state index contributed by atoms with van der Waals surface area (Å²) < 4.78 is 10.7. The molecule has 3 aromatic carbocycles. The molecule has 1 aliphatic rings. The largest absolute Gasteiger partial charge is 0.507 e. The lowest BCUT2D eigenvalue weighted by Crippen LogP contribution is -2.29. The van der Waals surface area contributed by atoms with E-state index in [1.807, 2.05) is 36.4 Å². The fourth-order valence-electron chi connectivity index (χ4n) is 4.55. The van der Waals surface area contributed by atoms with Crippen molar-refractivity contribution in [3.05, 3.63) is 101 Å². The monoisotopic (exact) mass is 500 g/mol. The maximum absolute atomic E-state index is 13.5. The highest BCUT2D eigenvalue weighted by atomic mass is 35.5. The van der Waals surface area contributed by atoms with E-state index in [-0.39, 0.29) is 21.9 Å². The van der Waals surface area contributed by atoms with Crippen LogP contribution < -0.4 is 14.4 Å². The van der Waals surface area contributed by atoms with Crippen molar-refractivity contribution in [2.75, 3.05) is 19.1 Å². The normalized spacial score (nSPS) is 17.0. The molecule has 4 aromatic rings. The number of pyridine rings is 1. The van der Waals surface area contributed by atoms with Crippen LogP contribution in [0.3, 0.4) is 0 Å². The molecule has 1 fully saturated rings. The van der Waals surface area contributed by atoms with Gasteiger partial charge in [-0.25, -0.2) is 0 Å². The van der Waals surface area contributed by atoms with Crippen molar-refractivity contribution in [1.29, 1.82) is 0 Å². The second-order valence-electron chi connectivity index (χ2n) is 8.13. The zero-order valence-corrected chi connectivity index (χ0v) is 20.2. The molecule has 1 saturated heterocycles. The Hall–Kier alpha value is -4.36. The van der Waals surface area contributed by atoms with Gasteiger partial charge in [-0.3, -0.25) is 19.5 Å². The number of aromatic nitrogens is 1. The van der Waals surface area contributed by atoms with Crippen LogP contribution in [0.5, 0.6) is 11.5 Å². The molecule has 0 spiro atoms. The molecule has 0 saturated carbocycles. The summed E-state index contributed by atoms with van der Waals surface area (Å²) in [6, 6.07) is 18.6. The lowest BCUT2D eigenvalue weighted by Gasteiger charge is -2.26. The fraction of sp³-hybridized carbons (Fsp3) is 0.107. The highest BCUT2D eigenvalue weighted by molar-refractivity contribution is 6.52. The fourth-order valence-corrected chi connectivity index (χ4v) is 4.79. The molecule has 1 atom stereocenters. The van der Waals surface area contributed by atoms with Gasteiger partial charge in [0.2, 0.25) is 0 Å². The number of anilines is 1. The van der Waals surface area contributed by atoms with Gasteiger partial charge >= 0.3 is 0 Å². The molecule has 7 nitrogen and oxygen atoms in total. The molecule has 180 valence electrons. The van der Waals surface area contributed by atoms with Crippen molar-refractivity contribution in [2.24, 2.45) is 0 Å². The Morgan fingerprint density at radius 1 is 0.944 bits per heavy atom. The summed E-state index contributed by atoms with van der Waals surface area (Å²) in [5.41, 5.74) is 1.24. The van der Waals surface area contributed by atoms with Gasteiger partial charge in [0.1, 0.15) is 17.3 Å². The van der Waals surface area contributed by atoms with Crippen molar-refractivity contribution < 1.29 is 24.2 Å². The van der Waals surface area contributed by atoms with Gasteiger partial charge in [0.05, 0.1) is 42.1 Å². The van der Waals surface area contributed by atoms with Gasteiger partial charge < -0.3 is 14.6 Å². The number of ketones is 1. The van der Waals surface area contributed by atoms with E-state index in [1.165, 1.54) is 31.3 Å². The number of benzene rings is 3. The van der Waals surface area contributed by atoms with Crippen LogP contribution in [0, 0.1) is 0 Å². The molecular weight excluding hydrogens is 480 g/mol. The third-order valence-corrected chi connectivity index (χ3v) is 6.52. The van der Waals surface area contributed by atoms with Crippen molar-refractivity contribution in [3.8, 4) is 11.5 Å². The Morgan fingerprint density at radius 3 is 2.36 bits per heavy atom. The Labute approximate surface area is 212 Å². The van der Waals surface area contributed by atoms with E-state index in [0.29, 0.717) is 17.0 Å². The van der Waals surface area contributed by atoms with E-state index in [4.69, 9.17) is 21.1 Å². The first-order chi connectivity index (χ1) is 17.5. The minimum Gasteiger partial charge on any atom is -0.507 e. The Morgan fingerprint density at radius 2 is 1.64 bits per heavy atom. The summed E-state index contributed by atoms with van der Waals surface area (Å²) in [6.45, 7) is 0. The minimum atomic E-state index is -0.913. The first-order valence-corrected chi connectivity index (χ1v) is 11.4. The zero-order valence-electron chi connectivity index (χ0n) is 19.4. The first-order valence-electron chi connectivity index (χ1n) is 11.1. The number of methoxy groups -OCH3 is 2. The van der Waals surface area contributed by atoms with Crippen LogP contribution in [-0.2, 0) is 9.59 Å². The summed E-state index contributed by atoms with van der Waals surface area (Å²) in [6.07, 6.45) is 3.15. The van der Waals surface area contributed by atoms with Crippen molar-refractivity contribution >= 4 is 45.5 Å². The second-order valence-corrected chi connectivity index (χ2v) is 8.54. The topological polar surface area (TPSA) is 89.0 Å². The van der Waals surface area contributed by atoms with Gasteiger partial charge in [-0.2, -0.15) is 0 Å². The minimum absolute atomic E-state index is 0.0846. The maximum atomic E-state index is 13.5. The van der Waals surface area contributed by atoms with Crippen molar-refractivity contribution in [3.63, 3.8) is 0 Å². The molecule has 36 heavy (non-hydrogen) atoms. The lowest BCUT2D eigenvalue weighted by atomic mass is 9.95. The number of carbonyl (C=O) groups is 2. The Kier molecular flexibility index (Phi) is 6.08. The van der Waals surface area contributed by atoms with Crippen LogP contribution in [0.15, 0.2) is 84.7 Å². The van der Waals surface area contributed by atoms with Crippen molar-refractivity contribution in [2.45, 2.75) is 6.04 Å². The number of hydrogen-bond acceptors (Lipinski definition) is 6. The van der Waals surface area contributed by atoms with Crippen LogP contribution in [0.1, 0.15) is 17.2 Å². The number of rotatable bonds is 5. The molecule has 8 heteroatoms. The highest BCUT2D eigenvalue weighted by Gasteiger charge is 2.47. The number of fused-ring (bicyclic) bond motifs is 1. The first kappa shape index (κ1) is 23.4. The third kappa shape index (κ3) is 3.74. The van der Waals surface area contributed by atoms with Gasteiger partial charge in [-0.15, -0.1) is 0 Å². The quantitative estimate of drug-likeness (QED) is 0.220. The molecule has 0 radical (unpaired) electrons. The SMILES string of the molecule is COc1cc(OC)c(/C(O)=C2\C(=O)C(=O)N(c3cccc4ccccc34)C2c2ccncc2)cc1Cl. The van der Waals surface area contributed by atoms with Crippen LogP contribution in [-0.4, -0.2) is 36.0 Å². The van der Waals surface area contributed by atoms with E-state index in [0.717, 1.165) is 10.8 Å². The van der Waals surface area contributed by atoms with E-state index in [1.54, 1.807) is 30.6 Å². The smallest absolute Gasteiger partial charge is 0.300 e. The summed E-state index contributed by atoms with van der Waals surface area (Å²) in [7, 11) is 2.88. The number of amides is 1. The number of hydrogen-bond donors (Lipinski definition) is 1. The predicted molar refractivity (Wildman–Crippen MR) is 138 cm³/mol. The van der Waals surface area contributed by atoms with E-state index in [2.05, 4.69) is 4.98 Å². The number of aliphatic hydroxyl groups is 1. The molecule has 5 rings (SSSR count). The number of ether oxygens (including phenoxy) is 2. The molecule has 1 N–H and O–H groups in total. The van der Waals surface area contributed by atoms with Gasteiger partial charge in [0.25, 0.3) is 11.7 Å². The average Bonchev–Trinajstić information content (AvgIpc) is 3.18. The predicted octanol–water partition coefficient (Wildman–Crippen LogP) is 5.53. The zero-order chi connectivity index (χ0) is 25.4. The number of carbonyl (C=O) groups excluding carboxylic acids is 2. The van der Waals surface area contributed by atoms with Gasteiger partial charge in [0.15, 0.2) is 0 Å². The molecule has 2 heterocycles. The number of aliphatic hydroxyl groups excluding tert-OH is 1. The molecule has 1 unspecified atom stereocenters. The third-order valence-electron chi connectivity index (χ3n) is 6.22. The molecule has 1 aromatic heterocycles. The van der Waals surface area contributed by atoms with E-state index >= 15 is 0 Å². The van der Waals surface area contributed by atoms with Crippen LogP contribution in [0.2, 0.25) is 5.02 Å². The summed E-state index contributed by atoms with van der Waals surface area (Å²) >= 11 is 6.33. The summed E-state index contributed by atoms with van der Waals surface area (Å²) in [5, 5.41) is 13.4. The molecular formula is C28H21ClN2O5. The van der Waals surface area contributed by atoms with Gasteiger partial charge in [-0.05, 0) is 35.2 Å². The second kappa shape index (κ2) is 9.36. The standard InChI is InChI=1S/C28H21ClN2O5/c1-35-22-15-23(36-2)20(29)14-19(22)26(32)24-25(17-10-12-30-13-11-17)31(28(34)27(24)33)21-9-5-7-16-6-3-4-8-18(16)21/h3-15,25,32H,1-2H3/b26-24+. The number of nitrogens with zero attached hydrogens (tertiary/aromatic N) is 2. The number of halogens is 1. The summed E-state index contributed by atoms with van der Waals surface area (Å²) in [5.74, 6) is -1.41. The maximum Gasteiger partial charge on any atom is 0.300 e. The Bertz CT molecular complexity index is 1530. The van der Waals surface area contributed by atoms with Gasteiger partial charge in [-0.1, -0.05) is 48.0 Å². The van der Waals surface area contributed by atoms with Gasteiger partial charge in [0, 0.05) is 23.8 Å². The van der Waals surface area contributed by atoms with E-state index in [9.17, 15) is 14.7 Å². The lowest BCUT2D eigenvalue weighted by molar-refractivity contribution is -0.132. The molecule has 1 aliphatic heterocycles. The number of Topliss-reactive ketones (excluding diaryl/α,β-unsaturated/α-hetero) is 1. The molecule has 0 bridgehead atoms. The average molecular weight is 501 g/mol.